The molecule has 0 aliphatic heterocycles. The zero-order valence-corrected chi connectivity index (χ0v) is 21.4. The number of hydrogen-bond acceptors (Lipinski definition) is 5. The van der Waals surface area contributed by atoms with E-state index in [1.54, 1.807) is 11.8 Å². The van der Waals surface area contributed by atoms with Gasteiger partial charge in [-0.1, -0.05) is 17.2 Å². The minimum absolute atomic E-state index is 0.0288. The molecule has 36 heavy (non-hydrogen) atoms. The second-order valence-electron chi connectivity index (χ2n) is 8.92. The molecule has 0 spiro atoms. The minimum atomic E-state index is 0.0288. The van der Waals surface area contributed by atoms with Gasteiger partial charge in [0.1, 0.15) is 11.9 Å². The van der Waals surface area contributed by atoms with E-state index in [1.165, 1.54) is 0 Å². The topological polar surface area (TPSA) is 54.0 Å². The molecule has 0 fully saturated rings. The maximum Gasteiger partial charge on any atom is 0.314 e. The van der Waals surface area contributed by atoms with Gasteiger partial charge in [0.15, 0.2) is 12.7 Å². The average molecular weight is 483 g/mol. The highest BCUT2D eigenvalue weighted by atomic mass is 16.5. The van der Waals surface area contributed by atoms with E-state index < -0.39 is 0 Å². The molecule has 0 saturated heterocycles. The third-order valence-corrected chi connectivity index (χ3v) is 5.99. The molecular weight excluding hydrogens is 450 g/mol. The van der Waals surface area contributed by atoms with E-state index in [-0.39, 0.29) is 12.3 Å². The Labute approximate surface area is 212 Å². The number of anilines is 2. The maximum atomic E-state index is 13.1. The van der Waals surface area contributed by atoms with Gasteiger partial charge in [0.2, 0.25) is 5.78 Å². The van der Waals surface area contributed by atoms with Crippen LogP contribution in [-0.4, -0.2) is 52.0 Å². The summed E-state index contributed by atoms with van der Waals surface area (Å²) in [4.78, 5) is 17.2. The third-order valence-electron chi connectivity index (χ3n) is 5.99. The molecule has 0 radical (unpaired) electrons. The summed E-state index contributed by atoms with van der Waals surface area (Å²) in [7, 11) is 9.63. The number of rotatable bonds is 9. The van der Waals surface area contributed by atoms with Crippen molar-refractivity contribution >= 4 is 23.4 Å². The predicted octanol–water partition coefficient (Wildman–Crippen LogP) is 4.35. The zero-order valence-electron chi connectivity index (χ0n) is 21.4. The Hall–Kier alpha value is -4.39. The summed E-state index contributed by atoms with van der Waals surface area (Å²) in [5.74, 6) is 1.60. The summed E-state index contributed by atoms with van der Waals surface area (Å²) < 4.78 is 9.05. The molecule has 7 heteroatoms. The molecule has 0 N–H and O–H groups in total. The summed E-state index contributed by atoms with van der Waals surface area (Å²) in [6.45, 7) is 0.197. The summed E-state index contributed by atoms with van der Waals surface area (Å²) in [5, 5.41) is 4.71. The Morgan fingerprint density at radius 2 is 1.47 bits per heavy atom. The standard InChI is InChI=1S/C29H32N5O2/c1-31(2)25-12-6-22(7-13-25)20-30-34-19-18-33(29(34)24-10-16-27(36-5)17-11-24)21-28(35)23-8-14-26(15-9-23)32(3)4/h6-20H,21H2,1-5H3/q+1/b30-20-. The van der Waals surface area contributed by atoms with Crippen LogP contribution in [0.2, 0.25) is 0 Å². The van der Waals surface area contributed by atoms with E-state index in [2.05, 4.69) is 17.0 Å². The monoisotopic (exact) mass is 482 g/mol. The molecule has 0 unspecified atom stereocenters. The molecule has 7 nitrogen and oxygen atoms in total. The lowest BCUT2D eigenvalue weighted by atomic mass is 10.1. The van der Waals surface area contributed by atoms with Crippen molar-refractivity contribution in [2.24, 2.45) is 5.10 Å². The van der Waals surface area contributed by atoms with Gasteiger partial charge in [0.05, 0.1) is 18.9 Å². The SMILES string of the molecule is COc1ccc(-c2n(/N=C\c3ccc(N(C)C)cc3)cc[n+]2CC(=O)c2ccc(N(C)C)cc2)cc1. The largest absolute Gasteiger partial charge is 0.497 e. The molecule has 4 rings (SSSR count). The Morgan fingerprint density at radius 3 is 2.03 bits per heavy atom. The number of carbonyl (C=O) groups is 1. The molecule has 0 atom stereocenters. The lowest BCUT2D eigenvalue weighted by Crippen LogP contribution is -2.38. The van der Waals surface area contributed by atoms with Crippen molar-refractivity contribution in [2.45, 2.75) is 6.54 Å². The van der Waals surface area contributed by atoms with Gasteiger partial charge in [0.25, 0.3) is 0 Å². The van der Waals surface area contributed by atoms with Gasteiger partial charge in [0, 0.05) is 45.1 Å². The third kappa shape index (κ3) is 5.63. The van der Waals surface area contributed by atoms with E-state index >= 15 is 0 Å². The molecule has 0 aliphatic rings. The fourth-order valence-electron chi connectivity index (χ4n) is 3.85. The van der Waals surface area contributed by atoms with Crippen LogP contribution < -0.4 is 19.1 Å². The van der Waals surface area contributed by atoms with Crippen molar-refractivity contribution < 1.29 is 14.1 Å². The van der Waals surface area contributed by atoms with E-state index in [0.717, 1.165) is 34.1 Å². The van der Waals surface area contributed by atoms with Crippen LogP contribution in [0.3, 0.4) is 0 Å². The van der Waals surface area contributed by atoms with Crippen LogP contribution in [0.25, 0.3) is 11.4 Å². The normalized spacial score (nSPS) is 11.0. The number of hydrogen-bond donors (Lipinski definition) is 0. The van der Waals surface area contributed by atoms with Gasteiger partial charge >= 0.3 is 5.82 Å². The summed E-state index contributed by atoms with van der Waals surface area (Å²) >= 11 is 0. The number of ketones is 1. The zero-order chi connectivity index (χ0) is 25.7. The molecule has 0 bridgehead atoms. The first kappa shape index (κ1) is 24.7. The highest BCUT2D eigenvalue weighted by molar-refractivity contribution is 5.95. The van der Waals surface area contributed by atoms with E-state index in [9.17, 15) is 4.79 Å². The van der Waals surface area contributed by atoms with Crippen LogP contribution in [0.5, 0.6) is 5.75 Å². The van der Waals surface area contributed by atoms with Crippen molar-refractivity contribution in [1.82, 2.24) is 4.68 Å². The first-order chi connectivity index (χ1) is 17.4. The van der Waals surface area contributed by atoms with Crippen molar-refractivity contribution in [3.8, 4) is 17.1 Å². The highest BCUT2D eigenvalue weighted by Crippen LogP contribution is 2.21. The molecule has 184 valence electrons. The molecule has 4 aromatic rings. The first-order valence-corrected chi connectivity index (χ1v) is 11.7. The summed E-state index contributed by atoms with van der Waals surface area (Å²) in [6, 6.07) is 23.6. The Kier molecular flexibility index (Phi) is 7.49. The second-order valence-corrected chi connectivity index (χ2v) is 8.92. The summed E-state index contributed by atoms with van der Waals surface area (Å²) in [6.07, 6.45) is 5.57. The highest BCUT2D eigenvalue weighted by Gasteiger charge is 2.22. The second kappa shape index (κ2) is 10.9. The van der Waals surface area contributed by atoms with E-state index in [4.69, 9.17) is 9.84 Å². The summed E-state index contributed by atoms with van der Waals surface area (Å²) in [5.41, 5.74) is 4.76. The lowest BCUT2D eigenvalue weighted by molar-refractivity contribution is -0.671. The fourth-order valence-corrected chi connectivity index (χ4v) is 3.85. The number of methoxy groups -OCH3 is 1. The molecule has 0 amide bonds. The Balaban J connectivity index is 1.65. The number of ether oxygens (including phenoxy) is 1. The van der Waals surface area contributed by atoms with Crippen molar-refractivity contribution in [3.63, 3.8) is 0 Å². The smallest absolute Gasteiger partial charge is 0.314 e. The van der Waals surface area contributed by atoms with E-state index in [1.807, 2.05) is 117 Å². The quantitative estimate of drug-likeness (QED) is 0.202. The van der Waals surface area contributed by atoms with Crippen LogP contribution in [0.4, 0.5) is 11.4 Å². The number of aromatic nitrogens is 2. The first-order valence-electron chi connectivity index (χ1n) is 11.7. The van der Waals surface area contributed by atoms with Gasteiger partial charge in [-0.15, -0.1) is 4.68 Å². The van der Waals surface area contributed by atoms with Crippen LogP contribution in [-0.2, 0) is 6.54 Å². The van der Waals surface area contributed by atoms with Crippen molar-refractivity contribution in [1.29, 1.82) is 0 Å². The van der Waals surface area contributed by atoms with Gasteiger partial charge in [-0.3, -0.25) is 4.79 Å². The molecular formula is C29H32N5O2+. The Morgan fingerprint density at radius 1 is 0.889 bits per heavy atom. The maximum absolute atomic E-state index is 13.1. The van der Waals surface area contributed by atoms with Crippen molar-refractivity contribution in [3.05, 3.63) is 96.3 Å². The number of imidazole rings is 1. The van der Waals surface area contributed by atoms with Crippen LogP contribution in [0.15, 0.2) is 90.3 Å². The number of carbonyl (C=O) groups excluding carboxylic acids is 1. The lowest BCUT2D eigenvalue weighted by Gasteiger charge is -2.12. The van der Waals surface area contributed by atoms with Crippen LogP contribution in [0.1, 0.15) is 15.9 Å². The molecule has 3 aromatic carbocycles. The van der Waals surface area contributed by atoms with Crippen LogP contribution >= 0.6 is 0 Å². The fraction of sp³-hybridized carbons (Fsp3) is 0.207. The van der Waals surface area contributed by atoms with Crippen molar-refractivity contribution in [2.75, 3.05) is 45.1 Å². The van der Waals surface area contributed by atoms with Gasteiger partial charge in [-0.25, -0.2) is 4.57 Å². The molecule has 1 aromatic heterocycles. The average Bonchev–Trinajstić information content (AvgIpc) is 3.29. The molecule has 1 heterocycles. The molecule has 0 aliphatic carbocycles. The van der Waals surface area contributed by atoms with E-state index in [0.29, 0.717) is 5.56 Å². The number of Topliss-reactive ketones (excluding diaryl/α,β-unsaturated/α-hetero) is 1. The number of benzene rings is 3. The Bertz CT molecular complexity index is 1340. The number of nitrogens with zero attached hydrogens (tertiary/aromatic N) is 5. The van der Waals surface area contributed by atoms with Gasteiger partial charge < -0.3 is 14.5 Å². The van der Waals surface area contributed by atoms with Crippen LogP contribution in [0, 0.1) is 0 Å². The molecule has 0 saturated carbocycles. The minimum Gasteiger partial charge on any atom is -0.497 e. The van der Waals surface area contributed by atoms with Gasteiger partial charge in [-0.2, -0.15) is 0 Å². The predicted molar refractivity (Wildman–Crippen MR) is 145 cm³/mol. The van der Waals surface area contributed by atoms with Gasteiger partial charge in [-0.05, 0) is 66.2 Å².